The first-order chi connectivity index (χ1) is 12.4. The summed E-state index contributed by atoms with van der Waals surface area (Å²) in [5.41, 5.74) is 0.604. The zero-order valence-corrected chi connectivity index (χ0v) is 16.1. The molecule has 1 fully saturated rings. The van der Waals surface area contributed by atoms with Crippen LogP contribution in [0.3, 0.4) is 0 Å². The highest BCUT2D eigenvalue weighted by Gasteiger charge is 2.42. The van der Waals surface area contributed by atoms with E-state index in [1.165, 1.54) is 11.9 Å². The van der Waals surface area contributed by atoms with Gasteiger partial charge in [-0.25, -0.2) is 13.2 Å². The molecule has 3 heterocycles. The van der Waals surface area contributed by atoms with E-state index in [1.807, 2.05) is 0 Å². The smallest absolute Gasteiger partial charge is 0.291 e. The Morgan fingerprint density at radius 2 is 2.00 bits per heavy atom. The van der Waals surface area contributed by atoms with Gasteiger partial charge in [0.2, 0.25) is 0 Å². The van der Waals surface area contributed by atoms with Crippen LogP contribution in [0.5, 0.6) is 0 Å². The van der Waals surface area contributed by atoms with Crippen molar-refractivity contribution in [1.82, 2.24) is 19.3 Å². The van der Waals surface area contributed by atoms with Crippen molar-refractivity contribution in [3.05, 3.63) is 33.4 Å². The van der Waals surface area contributed by atoms with E-state index in [1.54, 1.807) is 22.7 Å². The monoisotopic (exact) mass is 438 g/mol. The second kappa shape index (κ2) is 6.87. The summed E-state index contributed by atoms with van der Waals surface area (Å²) < 4.78 is 43.5. The van der Waals surface area contributed by atoms with Gasteiger partial charge in [-0.05, 0) is 36.9 Å². The summed E-state index contributed by atoms with van der Waals surface area (Å²) in [4.78, 5) is 0.745. The van der Waals surface area contributed by atoms with Gasteiger partial charge in [-0.15, -0.1) is 10.2 Å². The van der Waals surface area contributed by atoms with Gasteiger partial charge in [0.1, 0.15) is 6.67 Å². The second-order valence-electron chi connectivity index (χ2n) is 5.98. The minimum atomic E-state index is -2.68. The van der Waals surface area contributed by atoms with Crippen molar-refractivity contribution in [2.75, 3.05) is 6.67 Å². The van der Waals surface area contributed by atoms with E-state index in [9.17, 15) is 13.2 Å². The largest absolute Gasteiger partial charge is 0.310 e. The molecule has 4 rings (SSSR count). The fourth-order valence-electron chi connectivity index (χ4n) is 2.44. The van der Waals surface area contributed by atoms with Crippen LogP contribution < -0.4 is 4.72 Å². The van der Waals surface area contributed by atoms with Gasteiger partial charge in [-0.3, -0.25) is 4.72 Å². The number of aromatic nitrogens is 3. The lowest BCUT2D eigenvalue weighted by Gasteiger charge is -2.13. The lowest BCUT2D eigenvalue weighted by Crippen LogP contribution is -2.27. The molecule has 1 aliphatic carbocycles. The number of rotatable bonds is 6. The molecular formula is C15H11Cl2F3N4S2. The van der Waals surface area contributed by atoms with E-state index in [2.05, 4.69) is 14.9 Å². The van der Waals surface area contributed by atoms with E-state index < -0.39 is 18.6 Å². The van der Waals surface area contributed by atoms with Crippen molar-refractivity contribution >= 4 is 52.0 Å². The summed E-state index contributed by atoms with van der Waals surface area (Å²) in [6.07, 6.45) is 0.651. The van der Waals surface area contributed by atoms with Gasteiger partial charge in [0, 0.05) is 11.1 Å². The molecule has 0 radical (unpaired) electrons. The highest BCUT2D eigenvalue weighted by atomic mass is 35.5. The van der Waals surface area contributed by atoms with Gasteiger partial charge in [-0.1, -0.05) is 34.5 Å². The molecule has 11 heteroatoms. The van der Waals surface area contributed by atoms with Crippen LogP contribution in [0.2, 0.25) is 10.0 Å². The normalized spacial score (nSPS) is 15.9. The van der Waals surface area contributed by atoms with E-state index in [0.29, 0.717) is 26.3 Å². The van der Waals surface area contributed by atoms with Crippen LogP contribution in [0.1, 0.15) is 24.3 Å². The Balaban J connectivity index is 1.73. The third kappa shape index (κ3) is 3.31. The Labute approximate surface area is 164 Å². The SMILES string of the molecule is FCC1(NSc2cc(Cl)c3c(Cl)cc(-c4nnc(C(F)F)s4)n3c2)CC1. The van der Waals surface area contributed by atoms with Crippen molar-refractivity contribution in [2.45, 2.75) is 29.7 Å². The molecule has 1 aliphatic rings. The van der Waals surface area contributed by atoms with Gasteiger partial charge in [0.05, 0.1) is 26.8 Å². The highest BCUT2D eigenvalue weighted by molar-refractivity contribution is 7.97. The maximum atomic E-state index is 13.0. The van der Waals surface area contributed by atoms with Gasteiger partial charge in [-0.2, -0.15) is 0 Å². The summed E-state index contributed by atoms with van der Waals surface area (Å²) in [5.74, 6) is 0. The minimum absolute atomic E-state index is 0.316. The molecule has 138 valence electrons. The quantitative estimate of drug-likeness (QED) is 0.493. The Kier molecular flexibility index (Phi) is 4.85. The molecule has 0 bridgehead atoms. The number of hydrogen-bond acceptors (Lipinski definition) is 5. The Hall–Kier alpha value is -1.00. The number of nitrogens with one attached hydrogen (secondary N) is 1. The predicted octanol–water partition coefficient (Wildman–Crippen LogP) is 5.80. The van der Waals surface area contributed by atoms with Gasteiger partial charge >= 0.3 is 0 Å². The molecule has 0 atom stereocenters. The number of fused-ring (bicyclic) bond motifs is 1. The fourth-order valence-corrected chi connectivity index (χ4v) is 4.80. The molecule has 0 amide bonds. The molecular weight excluding hydrogens is 428 g/mol. The Morgan fingerprint density at radius 1 is 1.27 bits per heavy atom. The molecule has 4 nitrogen and oxygen atoms in total. The van der Waals surface area contributed by atoms with E-state index in [4.69, 9.17) is 23.2 Å². The summed E-state index contributed by atoms with van der Waals surface area (Å²) in [6.45, 7) is -0.433. The summed E-state index contributed by atoms with van der Waals surface area (Å²) in [6, 6.07) is 3.34. The molecule has 0 aromatic carbocycles. The molecule has 0 spiro atoms. The van der Waals surface area contributed by atoms with Gasteiger partial charge < -0.3 is 4.40 Å². The Morgan fingerprint density at radius 3 is 2.62 bits per heavy atom. The van der Waals surface area contributed by atoms with E-state index in [-0.39, 0.29) is 5.01 Å². The first-order valence-electron chi connectivity index (χ1n) is 7.54. The highest BCUT2D eigenvalue weighted by Crippen LogP contribution is 2.41. The topological polar surface area (TPSA) is 42.2 Å². The maximum Gasteiger partial charge on any atom is 0.291 e. The van der Waals surface area contributed by atoms with Crippen molar-refractivity contribution in [3.8, 4) is 10.7 Å². The average molecular weight is 439 g/mol. The molecule has 0 aliphatic heterocycles. The van der Waals surface area contributed by atoms with Crippen LogP contribution in [0, 0.1) is 0 Å². The number of pyridine rings is 1. The standard InChI is InChI=1S/C15H11Cl2F3N4S2/c16-8-3-7(26-23-15(6-18)1-2-15)5-24-10(4-9(17)11(8)24)13-21-22-14(25-13)12(19)20/h3-5,12,23H,1-2,6H2. The van der Waals surface area contributed by atoms with E-state index >= 15 is 0 Å². The predicted molar refractivity (Wildman–Crippen MR) is 98.2 cm³/mol. The summed E-state index contributed by atoms with van der Waals surface area (Å²) >= 11 is 14.7. The second-order valence-corrected chi connectivity index (χ2v) is 8.69. The summed E-state index contributed by atoms with van der Waals surface area (Å²) in [7, 11) is 0. The Bertz CT molecular complexity index is 971. The molecule has 0 unspecified atom stereocenters. The lowest BCUT2D eigenvalue weighted by atomic mass is 10.3. The lowest BCUT2D eigenvalue weighted by molar-refractivity contribution is 0.150. The van der Waals surface area contributed by atoms with Crippen molar-refractivity contribution in [3.63, 3.8) is 0 Å². The van der Waals surface area contributed by atoms with Crippen molar-refractivity contribution in [2.24, 2.45) is 0 Å². The van der Waals surface area contributed by atoms with Gasteiger partial charge in [0.25, 0.3) is 6.43 Å². The zero-order chi connectivity index (χ0) is 18.5. The van der Waals surface area contributed by atoms with Crippen molar-refractivity contribution in [1.29, 1.82) is 0 Å². The number of halogens is 5. The maximum absolute atomic E-state index is 13.0. The number of alkyl halides is 3. The fraction of sp³-hybridized carbons (Fsp3) is 0.333. The zero-order valence-electron chi connectivity index (χ0n) is 13.0. The number of hydrogen-bond donors (Lipinski definition) is 1. The van der Waals surface area contributed by atoms with Crippen LogP contribution in [-0.2, 0) is 0 Å². The van der Waals surface area contributed by atoms with Crippen LogP contribution in [0.15, 0.2) is 23.2 Å². The van der Waals surface area contributed by atoms with Crippen LogP contribution in [0.25, 0.3) is 16.2 Å². The first kappa shape index (κ1) is 18.4. The molecule has 26 heavy (non-hydrogen) atoms. The third-order valence-electron chi connectivity index (χ3n) is 4.08. The van der Waals surface area contributed by atoms with E-state index in [0.717, 1.165) is 29.1 Å². The summed E-state index contributed by atoms with van der Waals surface area (Å²) in [5, 5.41) is 8.08. The van der Waals surface area contributed by atoms with Gasteiger partial charge in [0.15, 0.2) is 10.0 Å². The molecule has 1 saturated carbocycles. The molecule has 3 aromatic rings. The third-order valence-corrected chi connectivity index (χ3v) is 6.61. The van der Waals surface area contributed by atoms with Crippen LogP contribution in [-0.4, -0.2) is 26.8 Å². The molecule has 1 N–H and O–H groups in total. The molecule has 0 saturated heterocycles. The van der Waals surface area contributed by atoms with Crippen LogP contribution >= 0.6 is 46.5 Å². The molecule has 3 aromatic heterocycles. The van der Waals surface area contributed by atoms with Crippen LogP contribution in [0.4, 0.5) is 13.2 Å². The van der Waals surface area contributed by atoms with Crippen molar-refractivity contribution < 1.29 is 13.2 Å². The average Bonchev–Trinajstić information content (AvgIpc) is 3.07. The first-order valence-corrected chi connectivity index (χ1v) is 9.93. The minimum Gasteiger partial charge on any atom is -0.310 e. The number of nitrogens with zero attached hydrogens (tertiary/aromatic N) is 3.